The molecule has 0 aliphatic heterocycles. The first-order valence-corrected chi connectivity index (χ1v) is 9.15. The smallest absolute Gasteiger partial charge is 0.227 e. The molecule has 0 bridgehead atoms. The highest BCUT2D eigenvalue weighted by atomic mass is 16.5. The van der Waals surface area contributed by atoms with Gasteiger partial charge in [0.1, 0.15) is 0 Å². The van der Waals surface area contributed by atoms with E-state index in [-0.39, 0.29) is 17.4 Å². The molecule has 1 aliphatic carbocycles. The Morgan fingerprint density at radius 3 is 2.81 bits per heavy atom. The lowest BCUT2D eigenvalue weighted by atomic mass is 9.93. The first-order valence-electron chi connectivity index (χ1n) is 9.15. The van der Waals surface area contributed by atoms with Crippen molar-refractivity contribution in [3.8, 4) is 11.4 Å². The second-order valence-corrected chi connectivity index (χ2v) is 7.30. The highest BCUT2D eigenvalue weighted by molar-refractivity contribution is 5.77. The molecule has 1 saturated carbocycles. The van der Waals surface area contributed by atoms with Gasteiger partial charge in [-0.15, -0.1) is 0 Å². The van der Waals surface area contributed by atoms with Crippen LogP contribution in [0.4, 0.5) is 0 Å². The van der Waals surface area contributed by atoms with Crippen molar-refractivity contribution < 1.29 is 9.32 Å². The van der Waals surface area contributed by atoms with Gasteiger partial charge in [0.05, 0.1) is 0 Å². The number of carbonyl (C=O) groups is 1. The summed E-state index contributed by atoms with van der Waals surface area (Å²) in [5.74, 6) is 0.998. The van der Waals surface area contributed by atoms with Crippen LogP contribution in [-0.2, 0) is 16.6 Å². The largest absolute Gasteiger partial charge is 0.352 e. The van der Waals surface area contributed by atoms with Gasteiger partial charge in [-0.05, 0) is 36.6 Å². The zero-order chi connectivity index (χ0) is 18.9. The van der Waals surface area contributed by atoms with Crippen LogP contribution in [0.1, 0.15) is 36.8 Å². The number of amides is 1. The monoisotopic (exact) mass is 362 g/mol. The van der Waals surface area contributed by atoms with Crippen LogP contribution in [0, 0.1) is 6.92 Å². The Morgan fingerprint density at radius 1 is 1.26 bits per heavy atom. The Bertz CT molecular complexity index is 954. The number of aryl methyl sites for hydroxylation is 2. The molecule has 4 rings (SSSR count). The summed E-state index contributed by atoms with van der Waals surface area (Å²) in [6.45, 7) is 4.33. The van der Waals surface area contributed by atoms with Crippen LogP contribution in [0.15, 0.2) is 53.3 Å². The number of pyridine rings is 1. The maximum absolute atomic E-state index is 12.3. The van der Waals surface area contributed by atoms with Crippen LogP contribution >= 0.6 is 0 Å². The Balaban J connectivity index is 1.31. The molecule has 0 spiro atoms. The quantitative estimate of drug-likeness (QED) is 0.728. The fourth-order valence-electron chi connectivity index (χ4n) is 3.55. The Kier molecular flexibility index (Phi) is 4.48. The SMILES string of the molecule is Cc1ccccc1C1(C)CC1NC(=O)CCc1nc(-c2ccncc2)no1. The predicted molar refractivity (Wildman–Crippen MR) is 101 cm³/mol. The van der Waals surface area contributed by atoms with E-state index in [1.54, 1.807) is 12.4 Å². The van der Waals surface area contributed by atoms with E-state index in [9.17, 15) is 4.79 Å². The molecular weight excluding hydrogens is 340 g/mol. The minimum atomic E-state index is 0.0148. The lowest BCUT2D eigenvalue weighted by Crippen LogP contribution is -2.30. The number of benzene rings is 1. The van der Waals surface area contributed by atoms with Crippen LogP contribution in [0.2, 0.25) is 0 Å². The average molecular weight is 362 g/mol. The zero-order valence-electron chi connectivity index (χ0n) is 15.5. The zero-order valence-corrected chi connectivity index (χ0v) is 15.5. The summed E-state index contributed by atoms with van der Waals surface area (Å²) in [5.41, 5.74) is 3.46. The summed E-state index contributed by atoms with van der Waals surface area (Å²) in [6.07, 6.45) is 5.09. The molecular formula is C21H22N4O2. The highest BCUT2D eigenvalue weighted by Crippen LogP contribution is 2.49. The number of hydrogen-bond donors (Lipinski definition) is 1. The molecule has 2 unspecified atom stereocenters. The first-order chi connectivity index (χ1) is 13.1. The summed E-state index contributed by atoms with van der Waals surface area (Å²) < 4.78 is 5.25. The van der Waals surface area contributed by atoms with Gasteiger partial charge in [-0.1, -0.05) is 36.3 Å². The van der Waals surface area contributed by atoms with Crippen molar-refractivity contribution in [1.29, 1.82) is 0 Å². The van der Waals surface area contributed by atoms with E-state index in [0.29, 0.717) is 24.6 Å². The molecule has 2 aromatic heterocycles. The molecule has 6 heteroatoms. The van der Waals surface area contributed by atoms with Gasteiger partial charge in [-0.2, -0.15) is 4.98 Å². The second-order valence-electron chi connectivity index (χ2n) is 7.30. The Labute approximate surface area is 158 Å². The molecule has 1 N–H and O–H groups in total. The normalized spacial score (nSPS) is 21.0. The molecule has 1 aliphatic rings. The predicted octanol–water partition coefficient (Wildman–Crippen LogP) is 3.22. The van der Waals surface area contributed by atoms with E-state index in [1.165, 1.54) is 11.1 Å². The number of nitrogens with zero attached hydrogens (tertiary/aromatic N) is 3. The van der Waals surface area contributed by atoms with Gasteiger partial charge in [0.15, 0.2) is 0 Å². The molecule has 27 heavy (non-hydrogen) atoms. The molecule has 2 atom stereocenters. The number of nitrogens with one attached hydrogen (secondary N) is 1. The van der Waals surface area contributed by atoms with Gasteiger partial charge in [-0.25, -0.2) is 0 Å². The van der Waals surface area contributed by atoms with Crippen molar-refractivity contribution >= 4 is 5.91 Å². The molecule has 1 aromatic carbocycles. The summed E-state index contributed by atoms with van der Waals surface area (Å²) in [4.78, 5) is 20.7. The minimum Gasteiger partial charge on any atom is -0.352 e. The van der Waals surface area contributed by atoms with Crippen LogP contribution in [0.3, 0.4) is 0 Å². The van der Waals surface area contributed by atoms with Crippen LogP contribution < -0.4 is 5.32 Å². The van der Waals surface area contributed by atoms with E-state index in [0.717, 1.165) is 12.0 Å². The van der Waals surface area contributed by atoms with Crippen molar-refractivity contribution in [2.75, 3.05) is 0 Å². The summed E-state index contributed by atoms with van der Waals surface area (Å²) in [5, 5.41) is 7.11. The molecule has 0 radical (unpaired) electrons. The number of rotatable bonds is 6. The van der Waals surface area contributed by atoms with Crippen LogP contribution in [-0.4, -0.2) is 27.1 Å². The fraction of sp³-hybridized carbons (Fsp3) is 0.333. The van der Waals surface area contributed by atoms with E-state index >= 15 is 0 Å². The van der Waals surface area contributed by atoms with Gasteiger partial charge in [0, 0.05) is 42.3 Å². The summed E-state index contributed by atoms with van der Waals surface area (Å²) in [7, 11) is 0. The fourth-order valence-corrected chi connectivity index (χ4v) is 3.55. The average Bonchev–Trinajstić information content (AvgIpc) is 3.11. The lowest BCUT2D eigenvalue weighted by Gasteiger charge is -2.15. The lowest BCUT2D eigenvalue weighted by molar-refractivity contribution is -0.121. The van der Waals surface area contributed by atoms with E-state index in [1.807, 2.05) is 18.2 Å². The standard InChI is InChI=1S/C21H22N4O2/c1-14-5-3-4-6-16(14)21(2)13-17(21)23-18(26)7-8-19-24-20(25-27-19)15-9-11-22-12-10-15/h3-6,9-12,17H,7-8,13H2,1-2H3,(H,23,26). The van der Waals surface area contributed by atoms with Crippen molar-refractivity contribution in [2.45, 2.75) is 44.6 Å². The van der Waals surface area contributed by atoms with E-state index < -0.39 is 0 Å². The maximum atomic E-state index is 12.3. The third kappa shape index (κ3) is 3.60. The van der Waals surface area contributed by atoms with Crippen molar-refractivity contribution in [3.05, 3.63) is 65.8 Å². The van der Waals surface area contributed by atoms with E-state index in [4.69, 9.17) is 4.52 Å². The van der Waals surface area contributed by atoms with Gasteiger partial charge >= 0.3 is 0 Å². The Hall–Kier alpha value is -3.02. The first kappa shape index (κ1) is 17.4. The van der Waals surface area contributed by atoms with E-state index in [2.05, 4.69) is 52.5 Å². The van der Waals surface area contributed by atoms with Gasteiger partial charge in [0.2, 0.25) is 17.6 Å². The van der Waals surface area contributed by atoms with Crippen LogP contribution in [0.25, 0.3) is 11.4 Å². The van der Waals surface area contributed by atoms with Crippen LogP contribution in [0.5, 0.6) is 0 Å². The molecule has 138 valence electrons. The topological polar surface area (TPSA) is 80.9 Å². The Morgan fingerprint density at radius 2 is 2.04 bits per heavy atom. The molecule has 1 fully saturated rings. The number of hydrogen-bond acceptors (Lipinski definition) is 5. The van der Waals surface area contributed by atoms with Crippen molar-refractivity contribution in [2.24, 2.45) is 0 Å². The third-order valence-corrected chi connectivity index (χ3v) is 5.31. The van der Waals surface area contributed by atoms with Crippen molar-refractivity contribution in [3.63, 3.8) is 0 Å². The summed E-state index contributed by atoms with van der Waals surface area (Å²) >= 11 is 0. The highest BCUT2D eigenvalue weighted by Gasteiger charge is 2.52. The molecule has 2 heterocycles. The second kappa shape index (κ2) is 6.95. The van der Waals surface area contributed by atoms with Gasteiger partial charge in [0.25, 0.3) is 0 Å². The molecule has 0 saturated heterocycles. The minimum absolute atomic E-state index is 0.0148. The van der Waals surface area contributed by atoms with Gasteiger partial charge in [-0.3, -0.25) is 9.78 Å². The maximum Gasteiger partial charge on any atom is 0.227 e. The third-order valence-electron chi connectivity index (χ3n) is 5.31. The molecule has 3 aromatic rings. The van der Waals surface area contributed by atoms with Gasteiger partial charge < -0.3 is 9.84 Å². The number of carbonyl (C=O) groups excluding carboxylic acids is 1. The number of aromatic nitrogens is 3. The molecule has 1 amide bonds. The summed E-state index contributed by atoms with van der Waals surface area (Å²) in [6, 6.07) is 12.2. The van der Waals surface area contributed by atoms with Crippen molar-refractivity contribution in [1.82, 2.24) is 20.4 Å². The molecule has 6 nitrogen and oxygen atoms in total.